The number of amides is 1. The maximum atomic E-state index is 14.7. The van der Waals surface area contributed by atoms with Gasteiger partial charge in [0.1, 0.15) is 12.1 Å². The lowest BCUT2D eigenvalue weighted by Gasteiger charge is -2.10. The predicted molar refractivity (Wildman–Crippen MR) is 130 cm³/mol. The molecule has 3 aromatic carbocycles. The molecule has 1 amide bonds. The van der Waals surface area contributed by atoms with Crippen molar-refractivity contribution in [3.8, 4) is 17.1 Å². The molecule has 0 fully saturated rings. The summed E-state index contributed by atoms with van der Waals surface area (Å²) in [5, 5.41) is 11.9. The lowest BCUT2D eigenvalue weighted by molar-refractivity contribution is 0.0946. The van der Waals surface area contributed by atoms with Gasteiger partial charge in [-0.25, -0.2) is 9.37 Å². The molecule has 2 aromatic heterocycles. The maximum absolute atomic E-state index is 14.7. The van der Waals surface area contributed by atoms with Gasteiger partial charge in [-0.05, 0) is 17.7 Å². The highest BCUT2D eigenvalue weighted by Crippen LogP contribution is 2.30. The van der Waals surface area contributed by atoms with Crippen LogP contribution >= 0.6 is 11.8 Å². The normalized spacial score (nSPS) is 10.9. The van der Waals surface area contributed by atoms with Crippen LogP contribution < -0.4 is 5.32 Å². The van der Waals surface area contributed by atoms with Gasteiger partial charge in [-0.3, -0.25) is 9.36 Å². The summed E-state index contributed by atoms with van der Waals surface area (Å²) in [7, 11) is 0. The van der Waals surface area contributed by atoms with Gasteiger partial charge in [0.2, 0.25) is 5.89 Å². The Morgan fingerprint density at radius 1 is 0.943 bits per heavy atom. The van der Waals surface area contributed by atoms with E-state index in [2.05, 4.69) is 20.5 Å². The van der Waals surface area contributed by atoms with E-state index in [1.54, 1.807) is 22.8 Å². The van der Waals surface area contributed by atoms with E-state index < -0.39 is 0 Å². The van der Waals surface area contributed by atoms with Crippen molar-refractivity contribution >= 4 is 17.7 Å². The second kappa shape index (κ2) is 10.4. The van der Waals surface area contributed by atoms with Gasteiger partial charge in [0.15, 0.2) is 16.7 Å². The van der Waals surface area contributed by atoms with Crippen molar-refractivity contribution in [2.75, 3.05) is 0 Å². The van der Waals surface area contributed by atoms with Gasteiger partial charge in [0, 0.05) is 12.1 Å². The van der Waals surface area contributed by atoms with Gasteiger partial charge in [0.05, 0.1) is 11.4 Å². The molecule has 174 valence electrons. The first-order valence-corrected chi connectivity index (χ1v) is 11.8. The van der Waals surface area contributed by atoms with Gasteiger partial charge in [0.25, 0.3) is 5.91 Å². The van der Waals surface area contributed by atoms with Gasteiger partial charge in [-0.15, -0.1) is 10.2 Å². The number of hydrogen-bond donors (Lipinski definition) is 1. The average Bonchev–Trinajstić information content (AvgIpc) is 3.55. The number of aromatic nitrogens is 4. The third-order valence-corrected chi connectivity index (χ3v) is 6.08. The fourth-order valence-electron chi connectivity index (χ4n) is 3.46. The molecule has 35 heavy (non-hydrogen) atoms. The molecule has 0 saturated heterocycles. The van der Waals surface area contributed by atoms with E-state index in [0.29, 0.717) is 29.1 Å². The molecular formula is C26H20FN5O2S. The molecule has 0 unspecified atom stereocenters. The molecule has 0 aliphatic rings. The predicted octanol–water partition coefficient (Wildman–Crippen LogP) is 5.28. The number of thioether (sulfide) groups is 1. The molecule has 0 saturated carbocycles. The smallest absolute Gasteiger partial charge is 0.273 e. The molecule has 9 heteroatoms. The zero-order valence-electron chi connectivity index (χ0n) is 18.5. The summed E-state index contributed by atoms with van der Waals surface area (Å²) in [6.07, 6.45) is 1.33. The summed E-state index contributed by atoms with van der Waals surface area (Å²) in [6.45, 7) is 0.393. The van der Waals surface area contributed by atoms with E-state index in [4.69, 9.17) is 4.42 Å². The quantitative estimate of drug-likeness (QED) is 0.301. The number of carbonyl (C=O) groups is 1. The first kappa shape index (κ1) is 22.5. The number of rotatable bonds is 8. The summed E-state index contributed by atoms with van der Waals surface area (Å²) in [6, 6.07) is 25.5. The van der Waals surface area contributed by atoms with Gasteiger partial charge < -0.3 is 9.73 Å². The van der Waals surface area contributed by atoms with Gasteiger partial charge in [-0.1, -0.05) is 84.6 Å². The molecule has 2 heterocycles. The van der Waals surface area contributed by atoms with Crippen molar-refractivity contribution in [3.63, 3.8) is 0 Å². The van der Waals surface area contributed by atoms with E-state index in [-0.39, 0.29) is 23.2 Å². The number of hydrogen-bond acceptors (Lipinski definition) is 6. The van der Waals surface area contributed by atoms with Crippen molar-refractivity contribution in [3.05, 3.63) is 114 Å². The Labute approximate surface area is 205 Å². The Bertz CT molecular complexity index is 1440. The molecule has 0 aliphatic carbocycles. The minimum atomic E-state index is -0.389. The number of benzene rings is 3. The van der Waals surface area contributed by atoms with Crippen LogP contribution in [-0.4, -0.2) is 25.7 Å². The third kappa shape index (κ3) is 5.15. The Kier molecular flexibility index (Phi) is 6.67. The fraction of sp³-hybridized carbons (Fsp3) is 0.0769. The van der Waals surface area contributed by atoms with E-state index in [9.17, 15) is 9.18 Å². The number of nitrogens with zero attached hydrogens (tertiary/aromatic N) is 4. The van der Waals surface area contributed by atoms with Crippen molar-refractivity contribution in [2.24, 2.45) is 0 Å². The van der Waals surface area contributed by atoms with Crippen LogP contribution in [0.15, 0.2) is 101 Å². The van der Waals surface area contributed by atoms with Crippen LogP contribution in [-0.2, 0) is 12.3 Å². The summed E-state index contributed by atoms with van der Waals surface area (Å²) in [5.41, 5.74) is 2.33. The lowest BCUT2D eigenvalue weighted by atomic mass is 10.2. The highest BCUT2D eigenvalue weighted by molar-refractivity contribution is 7.98. The van der Waals surface area contributed by atoms with Crippen molar-refractivity contribution in [1.82, 2.24) is 25.1 Å². The van der Waals surface area contributed by atoms with E-state index >= 15 is 0 Å². The zero-order valence-corrected chi connectivity index (χ0v) is 19.3. The zero-order chi connectivity index (χ0) is 24.0. The monoisotopic (exact) mass is 485 g/mol. The Morgan fingerprint density at radius 3 is 2.43 bits per heavy atom. The van der Waals surface area contributed by atoms with Crippen LogP contribution in [0.5, 0.6) is 0 Å². The molecule has 0 spiro atoms. The van der Waals surface area contributed by atoms with Crippen LogP contribution in [0.4, 0.5) is 4.39 Å². The second-order valence-corrected chi connectivity index (χ2v) is 8.48. The van der Waals surface area contributed by atoms with Crippen LogP contribution in [0.1, 0.15) is 21.9 Å². The molecule has 1 N–H and O–H groups in total. The van der Waals surface area contributed by atoms with E-state index in [0.717, 1.165) is 11.1 Å². The third-order valence-electron chi connectivity index (χ3n) is 5.16. The van der Waals surface area contributed by atoms with Gasteiger partial charge in [-0.2, -0.15) is 0 Å². The number of carbonyl (C=O) groups excluding carboxylic acids is 1. The molecule has 0 radical (unpaired) electrons. The largest absolute Gasteiger partial charge is 0.447 e. The van der Waals surface area contributed by atoms with E-state index in [1.165, 1.54) is 24.1 Å². The first-order valence-electron chi connectivity index (χ1n) is 10.8. The molecule has 0 bridgehead atoms. The van der Waals surface area contributed by atoms with Crippen molar-refractivity contribution < 1.29 is 13.6 Å². The minimum Gasteiger partial charge on any atom is -0.447 e. The van der Waals surface area contributed by atoms with Crippen LogP contribution in [0.2, 0.25) is 0 Å². The summed E-state index contributed by atoms with van der Waals surface area (Å²) < 4.78 is 21.9. The van der Waals surface area contributed by atoms with Crippen LogP contribution in [0.25, 0.3) is 17.1 Å². The Balaban J connectivity index is 1.33. The van der Waals surface area contributed by atoms with Gasteiger partial charge >= 0.3 is 0 Å². The molecule has 0 atom stereocenters. The SMILES string of the molecule is O=C(NCc1ccccc1)c1coc(CSc2nnc(-c3ccccc3)n2-c2ccccc2F)n1. The van der Waals surface area contributed by atoms with Crippen molar-refractivity contribution in [2.45, 2.75) is 17.5 Å². The number of para-hydroxylation sites is 1. The summed E-state index contributed by atoms with van der Waals surface area (Å²) in [5.74, 6) is 0.443. The number of halogens is 1. The molecule has 7 nitrogen and oxygen atoms in total. The summed E-state index contributed by atoms with van der Waals surface area (Å²) >= 11 is 1.29. The van der Waals surface area contributed by atoms with Crippen LogP contribution in [0.3, 0.4) is 0 Å². The Morgan fingerprint density at radius 2 is 1.66 bits per heavy atom. The average molecular weight is 486 g/mol. The minimum absolute atomic E-state index is 0.192. The Hall–Kier alpha value is -4.24. The fourth-order valence-corrected chi connectivity index (χ4v) is 4.26. The van der Waals surface area contributed by atoms with Crippen LogP contribution in [0, 0.1) is 5.82 Å². The molecule has 5 aromatic rings. The highest BCUT2D eigenvalue weighted by Gasteiger charge is 2.20. The molecular weight excluding hydrogens is 465 g/mol. The number of oxazole rings is 1. The highest BCUT2D eigenvalue weighted by atomic mass is 32.2. The number of nitrogens with one attached hydrogen (secondary N) is 1. The maximum Gasteiger partial charge on any atom is 0.273 e. The molecule has 5 rings (SSSR count). The lowest BCUT2D eigenvalue weighted by Crippen LogP contribution is -2.23. The second-order valence-electron chi connectivity index (χ2n) is 7.54. The topological polar surface area (TPSA) is 85.8 Å². The standard InChI is InChI=1S/C26H20FN5O2S/c27-20-13-7-8-14-22(20)32-24(19-11-5-2-6-12-19)30-31-26(32)35-17-23-29-21(16-34-23)25(33)28-15-18-9-3-1-4-10-18/h1-14,16H,15,17H2,(H,28,33). The van der Waals surface area contributed by atoms with Crippen molar-refractivity contribution in [1.29, 1.82) is 0 Å². The first-order chi connectivity index (χ1) is 17.2. The summed E-state index contributed by atoms with van der Waals surface area (Å²) in [4.78, 5) is 16.7. The van der Waals surface area contributed by atoms with E-state index in [1.807, 2.05) is 60.7 Å². The molecule has 0 aliphatic heterocycles.